The average Bonchev–Trinajstić information content (AvgIpc) is 2.87. The molecule has 0 bridgehead atoms. The second kappa shape index (κ2) is 6.43. The highest BCUT2D eigenvalue weighted by atomic mass is 35.5. The first-order valence-corrected chi connectivity index (χ1v) is 6.67. The molecule has 0 saturated heterocycles. The Balaban J connectivity index is 1.97. The van der Waals surface area contributed by atoms with Gasteiger partial charge < -0.3 is 14.7 Å². The maximum atomic E-state index is 5.91. The molecule has 1 heterocycles. The first-order valence-electron chi connectivity index (χ1n) is 6.30. The van der Waals surface area contributed by atoms with Gasteiger partial charge in [-0.15, -0.1) is 0 Å². The van der Waals surface area contributed by atoms with E-state index in [1.165, 1.54) is 0 Å². The second-order valence-electron chi connectivity index (χ2n) is 4.02. The Morgan fingerprint density at radius 1 is 1.32 bits per heavy atom. The smallest absolute Gasteiger partial charge is 0.266 e. The van der Waals surface area contributed by atoms with Crippen LogP contribution in [0.4, 0.5) is 11.6 Å². The summed E-state index contributed by atoms with van der Waals surface area (Å²) in [6, 6.07) is 7.51. The van der Waals surface area contributed by atoms with Crippen LogP contribution in [0.5, 0.6) is 0 Å². The van der Waals surface area contributed by atoms with Gasteiger partial charge in [-0.2, -0.15) is 4.98 Å². The Hall–Kier alpha value is -1.75. The highest BCUT2D eigenvalue weighted by Gasteiger charge is 2.10. The lowest BCUT2D eigenvalue weighted by atomic mass is 10.3. The molecule has 1 aromatic heterocycles. The number of rotatable bonds is 6. The van der Waals surface area contributed by atoms with Crippen molar-refractivity contribution in [1.82, 2.24) is 10.1 Å². The lowest BCUT2D eigenvalue weighted by molar-refractivity contribution is 0.382. The summed E-state index contributed by atoms with van der Waals surface area (Å²) in [6.45, 7) is 6.32. The standard InChI is InChI=1S/C13H17ClN4O/c1-3-18(4-2)13-16-12(19-17-13)9-15-11-7-5-6-10(14)8-11/h5-8,15H,3-4,9H2,1-2H3. The normalized spacial score (nSPS) is 10.5. The van der Waals surface area contributed by atoms with Crippen molar-refractivity contribution in [3.05, 3.63) is 35.2 Å². The molecule has 0 radical (unpaired) electrons. The van der Waals surface area contributed by atoms with Gasteiger partial charge in [0.15, 0.2) is 0 Å². The SMILES string of the molecule is CCN(CC)c1noc(CNc2cccc(Cl)c2)n1. The van der Waals surface area contributed by atoms with E-state index in [0.29, 0.717) is 23.4 Å². The summed E-state index contributed by atoms with van der Waals surface area (Å²) in [5, 5.41) is 7.85. The molecule has 0 spiro atoms. The highest BCUT2D eigenvalue weighted by molar-refractivity contribution is 6.30. The van der Waals surface area contributed by atoms with E-state index in [1.807, 2.05) is 29.2 Å². The molecule has 1 aromatic carbocycles. The molecule has 0 aliphatic carbocycles. The number of benzene rings is 1. The lowest BCUT2D eigenvalue weighted by Crippen LogP contribution is -2.23. The number of aromatic nitrogens is 2. The Labute approximate surface area is 117 Å². The third-order valence-electron chi connectivity index (χ3n) is 2.77. The minimum atomic E-state index is 0.481. The highest BCUT2D eigenvalue weighted by Crippen LogP contribution is 2.16. The van der Waals surface area contributed by atoms with Crippen LogP contribution >= 0.6 is 11.6 Å². The van der Waals surface area contributed by atoms with Crippen LogP contribution in [0.15, 0.2) is 28.8 Å². The summed E-state index contributed by atoms with van der Waals surface area (Å²) < 4.78 is 5.20. The summed E-state index contributed by atoms with van der Waals surface area (Å²) in [5.74, 6) is 1.19. The number of halogens is 1. The molecule has 1 N–H and O–H groups in total. The Morgan fingerprint density at radius 2 is 2.11 bits per heavy atom. The third-order valence-corrected chi connectivity index (χ3v) is 3.01. The fraction of sp³-hybridized carbons (Fsp3) is 0.385. The molecular formula is C13H17ClN4O. The van der Waals surface area contributed by atoms with Crippen LogP contribution in [0, 0.1) is 0 Å². The largest absolute Gasteiger partial charge is 0.376 e. The molecule has 0 atom stereocenters. The molecule has 19 heavy (non-hydrogen) atoms. The van der Waals surface area contributed by atoms with Gasteiger partial charge in [0.25, 0.3) is 5.95 Å². The van der Waals surface area contributed by atoms with Crippen LogP contribution in [-0.4, -0.2) is 23.2 Å². The van der Waals surface area contributed by atoms with E-state index in [9.17, 15) is 0 Å². The summed E-state index contributed by atoms with van der Waals surface area (Å²) >= 11 is 5.91. The maximum Gasteiger partial charge on any atom is 0.266 e. The van der Waals surface area contributed by atoms with Crippen molar-refractivity contribution < 1.29 is 4.52 Å². The molecule has 0 fully saturated rings. The van der Waals surface area contributed by atoms with Crippen molar-refractivity contribution in [2.75, 3.05) is 23.3 Å². The van der Waals surface area contributed by atoms with Crippen LogP contribution in [0.25, 0.3) is 0 Å². The Kier molecular flexibility index (Phi) is 4.63. The molecule has 0 aliphatic heterocycles. The number of nitrogens with zero attached hydrogens (tertiary/aromatic N) is 3. The number of nitrogens with one attached hydrogen (secondary N) is 1. The van der Waals surface area contributed by atoms with Crippen LogP contribution < -0.4 is 10.2 Å². The van der Waals surface area contributed by atoms with Crippen molar-refractivity contribution >= 4 is 23.2 Å². The van der Waals surface area contributed by atoms with Crippen LogP contribution in [0.1, 0.15) is 19.7 Å². The van der Waals surface area contributed by atoms with Crippen LogP contribution in [-0.2, 0) is 6.54 Å². The molecule has 0 saturated carbocycles. The zero-order chi connectivity index (χ0) is 13.7. The molecule has 2 rings (SSSR count). The van der Waals surface area contributed by atoms with E-state index in [1.54, 1.807) is 0 Å². The molecule has 6 heteroatoms. The summed E-state index contributed by atoms with van der Waals surface area (Å²) in [5.41, 5.74) is 0.926. The van der Waals surface area contributed by atoms with Crippen LogP contribution in [0.2, 0.25) is 5.02 Å². The van der Waals surface area contributed by atoms with Gasteiger partial charge in [0.1, 0.15) is 0 Å². The van der Waals surface area contributed by atoms with Crippen molar-refractivity contribution in [3.8, 4) is 0 Å². The second-order valence-corrected chi connectivity index (χ2v) is 4.46. The zero-order valence-corrected chi connectivity index (χ0v) is 11.8. The third kappa shape index (κ3) is 3.61. The molecule has 0 amide bonds. The van der Waals surface area contributed by atoms with Gasteiger partial charge in [-0.25, -0.2) is 0 Å². The van der Waals surface area contributed by atoms with Gasteiger partial charge in [-0.1, -0.05) is 17.7 Å². The monoisotopic (exact) mass is 280 g/mol. The fourth-order valence-electron chi connectivity index (χ4n) is 1.73. The van der Waals surface area contributed by atoms with E-state index in [2.05, 4.69) is 29.3 Å². The predicted molar refractivity (Wildman–Crippen MR) is 76.6 cm³/mol. The van der Waals surface area contributed by atoms with Crippen molar-refractivity contribution in [3.63, 3.8) is 0 Å². The van der Waals surface area contributed by atoms with Gasteiger partial charge in [0.2, 0.25) is 5.89 Å². The van der Waals surface area contributed by atoms with Gasteiger partial charge in [-0.3, -0.25) is 0 Å². The maximum absolute atomic E-state index is 5.91. The number of anilines is 2. The Bertz CT molecular complexity index is 525. The molecule has 5 nitrogen and oxygen atoms in total. The van der Waals surface area contributed by atoms with Crippen molar-refractivity contribution in [2.24, 2.45) is 0 Å². The summed E-state index contributed by atoms with van der Waals surface area (Å²) in [7, 11) is 0. The summed E-state index contributed by atoms with van der Waals surface area (Å²) in [6.07, 6.45) is 0. The lowest BCUT2D eigenvalue weighted by Gasteiger charge is -2.14. The van der Waals surface area contributed by atoms with E-state index >= 15 is 0 Å². The van der Waals surface area contributed by atoms with Gasteiger partial charge in [-0.05, 0) is 37.2 Å². The topological polar surface area (TPSA) is 54.2 Å². The van der Waals surface area contributed by atoms with E-state index in [4.69, 9.17) is 16.1 Å². The quantitative estimate of drug-likeness (QED) is 0.881. The molecular weight excluding hydrogens is 264 g/mol. The van der Waals surface area contributed by atoms with E-state index < -0.39 is 0 Å². The molecule has 2 aromatic rings. The fourth-order valence-corrected chi connectivity index (χ4v) is 1.92. The molecule has 0 aliphatic rings. The van der Waals surface area contributed by atoms with Crippen molar-refractivity contribution in [2.45, 2.75) is 20.4 Å². The minimum Gasteiger partial charge on any atom is -0.376 e. The minimum absolute atomic E-state index is 0.481. The average molecular weight is 281 g/mol. The van der Waals surface area contributed by atoms with Crippen LogP contribution in [0.3, 0.4) is 0 Å². The van der Waals surface area contributed by atoms with Gasteiger partial charge in [0.05, 0.1) is 6.54 Å². The first-order chi connectivity index (χ1) is 9.22. The summed E-state index contributed by atoms with van der Waals surface area (Å²) in [4.78, 5) is 6.38. The molecule has 102 valence electrons. The van der Waals surface area contributed by atoms with Gasteiger partial charge >= 0.3 is 0 Å². The molecule has 0 unspecified atom stereocenters. The van der Waals surface area contributed by atoms with Gasteiger partial charge in [0, 0.05) is 23.8 Å². The number of hydrogen-bond acceptors (Lipinski definition) is 5. The Morgan fingerprint density at radius 3 is 2.79 bits per heavy atom. The predicted octanol–water partition coefficient (Wildman–Crippen LogP) is 3.18. The zero-order valence-electron chi connectivity index (χ0n) is 11.1. The van der Waals surface area contributed by atoms with E-state index in [-0.39, 0.29) is 0 Å². The van der Waals surface area contributed by atoms with Crippen molar-refractivity contribution in [1.29, 1.82) is 0 Å². The number of hydrogen-bond donors (Lipinski definition) is 1. The van der Waals surface area contributed by atoms with E-state index in [0.717, 1.165) is 18.8 Å². The first kappa shape index (κ1) is 13.7.